The molecule has 25 heavy (non-hydrogen) atoms. The summed E-state index contributed by atoms with van der Waals surface area (Å²) in [6, 6.07) is 34.2. The molecule has 4 aromatic rings. The second-order valence-corrected chi connectivity index (χ2v) is 7.25. The molecule has 0 aliphatic rings. The fourth-order valence-electron chi connectivity index (χ4n) is 2.97. The van der Waals surface area contributed by atoms with Gasteiger partial charge in [0, 0.05) is 26.8 Å². The Morgan fingerprint density at radius 1 is 0.560 bits per heavy atom. The average Bonchev–Trinajstić information content (AvgIpc) is 3.11. The van der Waals surface area contributed by atoms with Crippen molar-refractivity contribution in [3.8, 4) is 10.4 Å². The molecule has 0 saturated heterocycles. The molecule has 1 heterocycles. The van der Waals surface area contributed by atoms with E-state index >= 15 is 0 Å². The van der Waals surface area contributed by atoms with Crippen LogP contribution in [0.25, 0.3) is 10.4 Å². The first-order chi connectivity index (χ1) is 12.3. The second kappa shape index (κ2) is 6.96. The number of rotatable bonds is 4. The minimum atomic E-state index is 1.16. The van der Waals surface area contributed by atoms with E-state index in [0.717, 1.165) is 17.1 Å². The second-order valence-electron chi connectivity index (χ2n) is 5.96. The van der Waals surface area contributed by atoms with Gasteiger partial charge in [-0.05, 0) is 61.0 Å². The highest BCUT2D eigenvalue weighted by Gasteiger charge is 2.12. The highest BCUT2D eigenvalue weighted by molar-refractivity contribution is 7.15. The highest BCUT2D eigenvalue weighted by Crippen LogP contribution is 2.36. The highest BCUT2D eigenvalue weighted by atomic mass is 32.1. The molecule has 0 aliphatic carbocycles. The van der Waals surface area contributed by atoms with Gasteiger partial charge in [-0.25, -0.2) is 0 Å². The average molecular weight is 341 g/mol. The van der Waals surface area contributed by atoms with E-state index in [1.165, 1.54) is 15.3 Å². The molecule has 0 unspecified atom stereocenters. The van der Waals surface area contributed by atoms with Crippen LogP contribution in [0.5, 0.6) is 0 Å². The lowest BCUT2D eigenvalue weighted by Gasteiger charge is -2.25. The fourth-order valence-corrected chi connectivity index (χ4v) is 3.84. The number of hydrogen-bond donors (Lipinski definition) is 0. The molecule has 0 saturated carbocycles. The van der Waals surface area contributed by atoms with E-state index < -0.39 is 0 Å². The summed E-state index contributed by atoms with van der Waals surface area (Å²) < 4.78 is 0. The van der Waals surface area contributed by atoms with E-state index in [-0.39, 0.29) is 0 Å². The lowest BCUT2D eigenvalue weighted by molar-refractivity contribution is 1.28. The summed E-state index contributed by atoms with van der Waals surface area (Å²) in [6.45, 7) is 2.15. The molecule has 0 spiro atoms. The Labute approximate surface area is 152 Å². The normalized spacial score (nSPS) is 10.6. The Morgan fingerprint density at radius 3 is 1.56 bits per heavy atom. The third-order valence-electron chi connectivity index (χ3n) is 4.18. The molecule has 0 N–H and O–H groups in total. The Kier molecular flexibility index (Phi) is 4.36. The van der Waals surface area contributed by atoms with Crippen LogP contribution < -0.4 is 4.90 Å². The zero-order valence-corrected chi connectivity index (χ0v) is 14.9. The van der Waals surface area contributed by atoms with Crippen molar-refractivity contribution in [3.63, 3.8) is 0 Å². The molecular formula is C23H19NS. The minimum absolute atomic E-state index is 1.16. The van der Waals surface area contributed by atoms with Crippen molar-refractivity contribution in [3.05, 3.63) is 102 Å². The SMILES string of the molecule is Cc1ccc(-c2ccc(N(c3ccccc3)c3ccccc3)cc2)s1. The van der Waals surface area contributed by atoms with E-state index in [2.05, 4.69) is 109 Å². The van der Waals surface area contributed by atoms with Crippen LogP contribution in [0.1, 0.15) is 4.88 Å². The van der Waals surface area contributed by atoms with Crippen LogP contribution in [-0.4, -0.2) is 0 Å². The molecule has 1 aromatic heterocycles. The summed E-state index contributed by atoms with van der Waals surface area (Å²) in [5.41, 5.74) is 4.75. The van der Waals surface area contributed by atoms with Gasteiger partial charge < -0.3 is 4.90 Å². The third-order valence-corrected chi connectivity index (χ3v) is 5.23. The molecule has 0 atom stereocenters. The first kappa shape index (κ1) is 15.7. The van der Waals surface area contributed by atoms with Gasteiger partial charge in [0.25, 0.3) is 0 Å². The van der Waals surface area contributed by atoms with Crippen molar-refractivity contribution in [2.45, 2.75) is 6.92 Å². The topological polar surface area (TPSA) is 3.24 Å². The Balaban J connectivity index is 1.75. The molecule has 3 aromatic carbocycles. The van der Waals surface area contributed by atoms with Crippen LogP contribution in [0.15, 0.2) is 97.1 Å². The molecule has 0 aliphatic heterocycles. The van der Waals surface area contributed by atoms with E-state index in [1.54, 1.807) is 0 Å². The summed E-state index contributed by atoms with van der Waals surface area (Å²) in [5.74, 6) is 0. The first-order valence-corrected chi connectivity index (χ1v) is 9.20. The summed E-state index contributed by atoms with van der Waals surface area (Å²) in [6.07, 6.45) is 0. The quantitative estimate of drug-likeness (QED) is 0.379. The summed E-state index contributed by atoms with van der Waals surface area (Å²) in [7, 11) is 0. The van der Waals surface area contributed by atoms with Gasteiger partial charge >= 0.3 is 0 Å². The van der Waals surface area contributed by atoms with Crippen LogP contribution in [0.4, 0.5) is 17.1 Å². The van der Waals surface area contributed by atoms with Crippen molar-refractivity contribution in [1.82, 2.24) is 0 Å². The Hall–Kier alpha value is -2.84. The van der Waals surface area contributed by atoms with Gasteiger partial charge in [0.1, 0.15) is 0 Å². The fraction of sp³-hybridized carbons (Fsp3) is 0.0435. The van der Waals surface area contributed by atoms with Crippen LogP contribution in [0, 0.1) is 6.92 Å². The van der Waals surface area contributed by atoms with Crippen molar-refractivity contribution >= 4 is 28.4 Å². The Morgan fingerprint density at radius 2 is 1.08 bits per heavy atom. The molecule has 0 bridgehead atoms. The third kappa shape index (κ3) is 3.35. The van der Waals surface area contributed by atoms with Crippen molar-refractivity contribution < 1.29 is 0 Å². The van der Waals surface area contributed by atoms with Gasteiger partial charge in [-0.15, -0.1) is 11.3 Å². The molecule has 0 fully saturated rings. The standard InChI is InChI=1S/C23H19NS/c1-18-12-17-23(25-18)19-13-15-22(16-14-19)24(20-8-4-2-5-9-20)21-10-6-3-7-11-21/h2-17H,1H3. The van der Waals surface area contributed by atoms with E-state index in [0.29, 0.717) is 0 Å². The molecule has 122 valence electrons. The van der Waals surface area contributed by atoms with Gasteiger partial charge in [0.15, 0.2) is 0 Å². The van der Waals surface area contributed by atoms with E-state index in [9.17, 15) is 0 Å². The Bertz CT molecular complexity index is 901. The summed E-state index contributed by atoms with van der Waals surface area (Å²) >= 11 is 1.83. The molecule has 2 heteroatoms. The maximum absolute atomic E-state index is 2.28. The van der Waals surface area contributed by atoms with Gasteiger partial charge in [-0.1, -0.05) is 48.5 Å². The van der Waals surface area contributed by atoms with Crippen LogP contribution in [0.2, 0.25) is 0 Å². The van der Waals surface area contributed by atoms with Crippen LogP contribution >= 0.6 is 11.3 Å². The van der Waals surface area contributed by atoms with Crippen molar-refractivity contribution in [2.24, 2.45) is 0 Å². The predicted molar refractivity (Wildman–Crippen MR) is 109 cm³/mol. The zero-order valence-electron chi connectivity index (χ0n) is 14.1. The molecule has 0 radical (unpaired) electrons. The lowest BCUT2D eigenvalue weighted by Crippen LogP contribution is -2.09. The first-order valence-electron chi connectivity index (χ1n) is 8.38. The summed E-state index contributed by atoms with van der Waals surface area (Å²) in [4.78, 5) is 4.94. The van der Waals surface area contributed by atoms with Crippen LogP contribution in [0.3, 0.4) is 0 Å². The predicted octanol–water partition coefficient (Wildman–Crippen LogP) is 7.19. The number of thiophene rings is 1. The maximum atomic E-state index is 2.28. The molecule has 0 amide bonds. The molecule has 1 nitrogen and oxygen atoms in total. The lowest BCUT2D eigenvalue weighted by atomic mass is 10.1. The number of hydrogen-bond acceptors (Lipinski definition) is 2. The number of nitrogens with zero attached hydrogens (tertiary/aromatic N) is 1. The number of aryl methyl sites for hydroxylation is 1. The van der Waals surface area contributed by atoms with Gasteiger partial charge in [-0.2, -0.15) is 0 Å². The van der Waals surface area contributed by atoms with Crippen LogP contribution in [-0.2, 0) is 0 Å². The number of benzene rings is 3. The number of anilines is 3. The number of para-hydroxylation sites is 2. The van der Waals surface area contributed by atoms with E-state index in [1.807, 2.05) is 11.3 Å². The largest absolute Gasteiger partial charge is 0.311 e. The molecular weight excluding hydrogens is 322 g/mol. The van der Waals surface area contributed by atoms with E-state index in [4.69, 9.17) is 0 Å². The van der Waals surface area contributed by atoms with Crippen molar-refractivity contribution in [1.29, 1.82) is 0 Å². The van der Waals surface area contributed by atoms with Gasteiger partial charge in [-0.3, -0.25) is 0 Å². The minimum Gasteiger partial charge on any atom is -0.311 e. The van der Waals surface area contributed by atoms with Gasteiger partial charge in [0.2, 0.25) is 0 Å². The summed E-state index contributed by atoms with van der Waals surface area (Å²) in [5, 5.41) is 0. The maximum Gasteiger partial charge on any atom is 0.0462 e. The van der Waals surface area contributed by atoms with Crippen molar-refractivity contribution in [2.75, 3.05) is 4.90 Å². The monoisotopic (exact) mass is 341 g/mol. The molecule has 4 rings (SSSR count). The smallest absolute Gasteiger partial charge is 0.0462 e. The zero-order chi connectivity index (χ0) is 17.1. The van der Waals surface area contributed by atoms with Gasteiger partial charge in [0.05, 0.1) is 0 Å².